The van der Waals surface area contributed by atoms with Gasteiger partial charge in [-0.1, -0.05) is 335 Å². The lowest BCUT2D eigenvalue weighted by Crippen LogP contribution is -2.26. The summed E-state index contributed by atoms with van der Waals surface area (Å²) < 4.78 is 6.30. The second-order valence-corrected chi connectivity index (χ2v) is 22.4. The minimum Gasteiger partial charge on any atom is -0.493 e. The van der Waals surface area contributed by atoms with Crippen LogP contribution in [0.4, 0.5) is 0 Å². The largest absolute Gasteiger partial charge is 0.493 e. The third kappa shape index (κ3) is 46.2. The number of benzene rings is 1. The number of ether oxygens (including phenoxy) is 1. The van der Waals surface area contributed by atoms with Gasteiger partial charge in [0.15, 0.2) is 0 Å². The van der Waals surface area contributed by atoms with Crippen LogP contribution in [0.15, 0.2) is 18.2 Å². The Morgan fingerprint density at radius 2 is 0.549 bits per heavy atom. The van der Waals surface area contributed by atoms with Gasteiger partial charge in [-0.05, 0) is 37.5 Å². The summed E-state index contributed by atoms with van der Waals surface area (Å²) in [6.07, 6.45) is 70.3. The van der Waals surface area contributed by atoms with Crippen LogP contribution in [0, 0.1) is 0 Å². The Kier molecular flexibility index (Phi) is 52.5. The first-order valence-corrected chi connectivity index (χ1v) is 32.5. The van der Waals surface area contributed by atoms with E-state index in [0.717, 1.165) is 38.5 Å². The van der Waals surface area contributed by atoms with Crippen molar-refractivity contribution in [3.8, 4) is 5.75 Å². The van der Waals surface area contributed by atoms with Gasteiger partial charge in [-0.2, -0.15) is 0 Å². The van der Waals surface area contributed by atoms with E-state index in [9.17, 15) is 9.59 Å². The molecule has 0 aliphatic carbocycles. The van der Waals surface area contributed by atoms with Crippen molar-refractivity contribution in [2.24, 2.45) is 0 Å². The molecule has 0 fully saturated rings. The van der Waals surface area contributed by atoms with Gasteiger partial charge < -0.3 is 15.4 Å². The fourth-order valence-electron chi connectivity index (χ4n) is 10.5. The normalized spacial score (nSPS) is 11.4. The summed E-state index contributed by atoms with van der Waals surface area (Å²) in [5.41, 5.74) is 1.12. The highest BCUT2D eigenvalue weighted by Gasteiger charge is 2.16. The molecule has 0 atom stereocenters. The van der Waals surface area contributed by atoms with Crippen molar-refractivity contribution in [3.05, 3.63) is 29.3 Å². The highest BCUT2D eigenvalue weighted by atomic mass is 16.5. The Labute approximate surface area is 444 Å². The molecule has 5 heteroatoms. The van der Waals surface area contributed by atoms with Gasteiger partial charge in [0, 0.05) is 18.7 Å². The van der Waals surface area contributed by atoms with Gasteiger partial charge in [0.1, 0.15) is 5.75 Å². The maximum atomic E-state index is 13.5. The molecule has 1 aromatic carbocycles. The molecular weight excluding hydrogens is 869 g/mol. The molecule has 416 valence electrons. The summed E-state index contributed by atoms with van der Waals surface area (Å²) in [7, 11) is 0. The summed E-state index contributed by atoms with van der Waals surface area (Å²) in [4.78, 5) is 26.7. The van der Waals surface area contributed by atoms with Crippen LogP contribution in [0.2, 0.25) is 0 Å². The molecule has 0 spiro atoms. The minimum atomic E-state index is -0.0937. The quantitative estimate of drug-likeness (QED) is 0.0639. The number of unbranched alkanes of at least 4 members (excludes halogenated alkanes) is 49. The molecule has 5 nitrogen and oxygen atoms in total. The zero-order valence-corrected chi connectivity index (χ0v) is 48.3. The van der Waals surface area contributed by atoms with E-state index in [-0.39, 0.29) is 11.8 Å². The van der Waals surface area contributed by atoms with Crippen molar-refractivity contribution in [1.29, 1.82) is 0 Å². The molecule has 0 unspecified atom stereocenters. The number of rotatable bonds is 58. The van der Waals surface area contributed by atoms with Crippen molar-refractivity contribution >= 4 is 11.8 Å². The number of hydrogen-bond acceptors (Lipinski definition) is 3. The van der Waals surface area contributed by atoms with Crippen LogP contribution in [-0.4, -0.2) is 31.5 Å². The molecule has 1 rings (SSSR count). The number of amides is 2. The van der Waals surface area contributed by atoms with Crippen LogP contribution in [-0.2, 0) is 0 Å². The molecule has 0 saturated heterocycles. The second kappa shape index (κ2) is 55.7. The molecule has 2 N–H and O–H groups in total. The SMILES string of the molecule is CCCCCCCCCCCCCCCCCCCCCCNC(=O)c1ccc(C(=O)NCCCCCCCCCCCCCCCCCCCCCC)c(OCCCCCCCCCCCCCC)c1. The van der Waals surface area contributed by atoms with Crippen molar-refractivity contribution < 1.29 is 14.3 Å². The molecule has 0 aromatic heterocycles. The van der Waals surface area contributed by atoms with Gasteiger partial charge in [0.05, 0.1) is 12.2 Å². The number of carbonyl (C=O) groups is 2. The third-order valence-electron chi connectivity index (χ3n) is 15.4. The molecular formula is C66H124N2O3. The van der Waals surface area contributed by atoms with E-state index >= 15 is 0 Å². The first-order chi connectivity index (χ1) is 35.1. The molecule has 0 heterocycles. The monoisotopic (exact) mass is 993 g/mol. The lowest BCUT2D eigenvalue weighted by molar-refractivity contribution is 0.0937. The minimum absolute atomic E-state index is 0.0747. The predicted molar refractivity (Wildman–Crippen MR) is 314 cm³/mol. The Balaban J connectivity index is 2.29. The van der Waals surface area contributed by atoms with E-state index in [0.29, 0.717) is 36.6 Å². The van der Waals surface area contributed by atoms with Crippen LogP contribution in [0.25, 0.3) is 0 Å². The van der Waals surface area contributed by atoms with Crippen LogP contribution < -0.4 is 15.4 Å². The van der Waals surface area contributed by atoms with Crippen LogP contribution in [0.5, 0.6) is 5.75 Å². The average Bonchev–Trinajstić information content (AvgIpc) is 3.38. The van der Waals surface area contributed by atoms with Crippen molar-refractivity contribution in [2.75, 3.05) is 19.7 Å². The summed E-state index contributed by atoms with van der Waals surface area (Å²) >= 11 is 0. The van der Waals surface area contributed by atoms with Crippen LogP contribution >= 0.6 is 0 Å². The van der Waals surface area contributed by atoms with Gasteiger partial charge >= 0.3 is 0 Å². The van der Waals surface area contributed by atoms with Crippen LogP contribution in [0.1, 0.15) is 375 Å². The average molecular weight is 994 g/mol. The van der Waals surface area contributed by atoms with Gasteiger partial charge in [-0.3, -0.25) is 9.59 Å². The van der Waals surface area contributed by atoms with Crippen LogP contribution in [0.3, 0.4) is 0 Å². The number of hydrogen-bond donors (Lipinski definition) is 2. The van der Waals surface area contributed by atoms with E-state index in [1.807, 2.05) is 0 Å². The zero-order valence-electron chi connectivity index (χ0n) is 48.3. The standard InChI is InChI=1S/C66H124N2O3/c1-4-7-10-13-16-19-22-25-27-29-31-33-35-37-39-41-44-47-50-53-58-67-65(69)62-56-57-63(64(61-62)71-60-55-52-49-46-43-24-21-18-15-12-9-6-3)66(70)68-59-54-51-48-45-42-40-38-36-34-32-30-28-26-23-20-17-14-11-8-5-2/h56-57,61H,4-55,58-60H2,1-3H3,(H,67,69)(H,68,70). The van der Waals surface area contributed by atoms with E-state index in [4.69, 9.17) is 4.74 Å². The third-order valence-corrected chi connectivity index (χ3v) is 15.4. The Bertz CT molecular complexity index is 1250. The molecule has 0 bridgehead atoms. The molecule has 0 saturated carbocycles. The Morgan fingerprint density at radius 3 is 0.831 bits per heavy atom. The Morgan fingerprint density at radius 1 is 0.310 bits per heavy atom. The first-order valence-electron chi connectivity index (χ1n) is 32.5. The fraction of sp³-hybridized carbons (Fsp3) is 0.879. The van der Waals surface area contributed by atoms with E-state index in [2.05, 4.69) is 31.4 Å². The molecule has 1 aromatic rings. The lowest BCUT2D eigenvalue weighted by atomic mass is 10.0. The van der Waals surface area contributed by atoms with Gasteiger partial charge in [0.25, 0.3) is 11.8 Å². The molecule has 2 amide bonds. The fourth-order valence-corrected chi connectivity index (χ4v) is 10.5. The van der Waals surface area contributed by atoms with Gasteiger partial charge in [0.2, 0.25) is 0 Å². The molecule has 71 heavy (non-hydrogen) atoms. The maximum Gasteiger partial charge on any atom is 0.255 e. The van der Waals surface area contributed by atoms with Crippen molar-refractivity contribution in [3.63, 3.8) is 0 Å². The molecule has 0 aliphatic heterocycles. The summed E-state index contributed by atoms with van der Waals surface area (Å²) in [5, 5.41) is 6.32. The summed E-state index contributed by atoms with van der Waals surface area (Å²) in [6, 6.07) is 5.41. The van der Waals surface area contributed by atoms with Gasteiger partial charge in [-0.25, -0.2) is 0 Å². The van der Waals surface area contributed by atoms with Crippen molar-refractivity contribution in [1.82, 2.24) is 10.6 Å². The maximum absolute atomic E-state index is 13.5. The predicted octanol–water partition coefficient (Wildman–Crippen LogP) is 21.9. The van der Waals surface area contributed by atoms with Gasteiger partial charge in [-0.15, -0.1) is 0 Å². The van der Waals surface area contributed by atoms with E-state index in [1.54, 1.807) is 18.2 Å². The van der Waals surface area contributed by atoms with Crippen molar-refractivity contribution in [2.45, 2.75) is 355 Å². The summed E-state index contributed by atoms with van der Waals surface area (Å²) in [5.74, 6) is 0.374. The second-order valence-electron chi connectivity index (χ2n) is 22.4. The summed E-state index contributed by atoms with van der Waals surface area (Å²) in [6.45, 7) is 8.82. The highest BCUT2D eigenvalue weighted by molar-refractivity contribution is 6.00. The lowest BCUT2D eigenvalue weighted by Gasteiger charge is -2.14. The first kappa shape index (κ1) is 67.0. The zero-order chi connectivity index (χ0) is 51.0. The molecule has 0 radical (unpaired) electrons. The topological polar surface area (TPSA) is 67.4 Å². The smallest absolute Gasteiger partial charge is 0.255 e. The van der Waals surface area contributed by atoms with E-state index in [1.165, 1.54) is 295 Å². The highest BCUT2D eigenvalue weighted by Crippen LogP contribution is 2.23. The molecule has 0 aliphatic rings. The Hall–Kier alpha value is -2.04. The van der Waals surface area contributed by atoms with E-state index < -0.39 is 0 Å². The number of carbonyl (C=O) groups excluding carboxylic acids is 2. The number of nitrogens with one attached hydrogen (secondary N) is 2.